The van der Waals surface area contributed by atoms with E-state index in [2.05, 4.69) is 28.7 Å². The highest BCUT2D eigenvalue weighted by Crippen LogP contribution is 2.29. The number of ether oxygens (including phenoxy) is 1. The van der Waals surface area contributed by atoms with Crippen LogP contribution in [0.4, 0.5) is 0 Å². The number of hydrogen-bond donors (Lipinski definition) is 1. The Labute approximate surface area is 177 Å². The lowest BCUT2D eigenvalue weighted by Crippen LogP contribution is -2.23. The molecule has 0 saturated carbocycles. The molecule has 0 atom stereocenters. The van der Waals surface area contributed by atoms with Crippen LogP contribution in [0.2, 0.25) is 0 Å². The Morgan fingerprint density at radius 3 is 2.33 bits per heavy atom. The first-order chi connectivity index (χ1) is 14.2. The smallest absolute Gasteiger partial charge is 0.242 e. The summed E-state index contributed by atoms with van der Waals surface area (Å²) in [6, 6.07) is 12.7. The van der Waals surface area contributed by atoms with Gasteiger partial charge >= 0.3 is 0 Å². The SMILES string of the molecule is COc1ccc(S(=O)(=O)NCc2nc(-c3ccc(C(C)C)cc3)no2)cc1C(C)C. The topological polar surface area (TPSA) is 94.3 Å². The molecule has 0 aliphatic carbocycles. The van der Waals surface area contributed by atoms with Crippen LogP contribution in [-0.2, 0) is 16.6 Å². The van der Waals surface area contributed by atoms with Gasteiger partial charge in [0.2, 0.25) is 21.7 Å². The molecule has 1 N–H and O–H groups in total. The summed E-state index contributed by atoms with van der Waals surface area (Å²) in [6.45, 7) is 8.12. The maximum atomic E-state index is 12.7. The van der Waals surface area contributed by atoms with E-state index in [0.29, 0.717) is 17.5 Å². The average molecular weight is 430 g/mol. The number of sulfonamides is 1. The summed E-state index contributed by atoms with van der Waals surface area (Å²) in [7, 11) is -2.18. The maximum absolute atomic E-state index is 12.7. The van der Waals surface area contributed by atoms with Crippen LogP contribution in [0.3, 0.4) is 0 Å². The van der Waals surface area contributed by atoms with Crippen LogP contribution in [0.5, 0.6) is 5.75 Å². The van der Waals surface area contributed by atoms with E-state index < -0.39 is 10.0 Å². The molecule has 7 nitrogen and oxygen atoms in total. The molecular formula is C22H27N3O4S. The van der Waals surface area contributed by atoms with E-state index in [0.717, 1.165) is 11.1 Å². The summed E-state index contributed by atoms with van der Waals surface area (Å²) >= 11 is 0. The van der Waals surface area contributed by atoms with Gasteiger partial charge in [-0.2, -0.15) is 4.98 Å². The van der Waals surface area contributed by atoms with E-state index in [1.54, 1.807) is 19.2 Å². The van der Waals surface area contributed by atoms with Gasteiger partial charge in [0.15, 0.2) is 0 Å². The second-order valence-corrected chi connectivity index (χ2v) is 9.44. The van der Waals surface area contributed by atoms with Gasteiger partial charge in [-0.05, 0) is 41.2 Å². The molecule has 0 amide bonds. The molecule has 30 heavy (non-hydrogen) atoms. The third-order valence-electron chi connectivity index (χ3n) is 4.85. The Bertz CT molecular complexity index is 1100. The highest BCUT2D eigenvalue weighted by Gasteiger charge is 2.19. The molecule has 0 spiro atoms. The van der Waals surface area contributed by atoms with Crippen LogP contribution in [0, 0.1) is 0 Å². The second kappa shape index (κ2) is 8.97. The van der Waals surface area contributed by atoms with Crippen molar-refractivity contribution in [3.63, 3.8) is 0 Å². The Kier molecular flexibility index (Phi) is 6.58. The number of aromatic nitrogens is 2. The van der Waals surface area contributed by atoms with Crippen molar-refractivity contribution in [3.8, 4) is 17.1 Å². The van der Waals surface area contributed by atoms with Crippen LogP contribution in [-0.4, -0.2) is 25.7 Å². The zero-order valence-corrected chi connectivity index (χ0v) is 18.7. The molecule has 0 unspecified atom stereocenters. The van der Waals surface area contributed by atoms with E-state index in [-0.39, 0.29) is 23.2 Å². The molecule has 0 saturated heterocycles. The van der Waals surface area contributed by atoms with Crippen LogP contribution in [0.1, 0.15) is 56.5 Å². The Morgan fingerprint density at radius 2 is 1.73 bits per heavy atom. The zero-order valence-electron chi connectivity index (χ0n) is 17.8. The standard InChI is InChI=1S/C22H27N3O4S/c1-14(2)16-6-8-17(9-7-16)22-24-21(29-25-22)13-23-30(26,27)18-10-11-20(28-5)19(12-18)15(3)4/h6-12,14-15,23H,13H2,1-5H3. The fourth-order valence-corrected chi connectivity index (χ4v) is 4.04. The molecule has 2 aromatic carbocycles. The van der Waals surface area contributed by atoms with Gasteiger partial charge in [-0.25, -0.2) is 13.1 Å². The third kappa shape index (κ3) is 4.88. The number of nitrogens with zero attached hydrogens (tertiary/aromatic N) is 2. The molecule has 0 aliphatic rings. The second-order valence-electron chi connectivity index (χ2n) is 7.67. The van der Waals surface area contributed by atoms with Gasteiger partial charge < -0.3 is 9.26 Å². The first-order valence-corrected chi connectivity index (χ1v) is 11.3. The monoisotopic (exact) mass is 429 g/mol. The highest BCUT2D eigenvalue weighted by molar-refractivity contribution is 7.89. The summed E-state index contributed by atoms with van der Waals surface area (Å²) in [5.74, 6) is 1.83. The van der Waals surface area contributed by atoms with E-state index >= 15 is 0 Å². The van der Waals surface area contributed by atoms with E-state index in [4.69, 9.17) is 9.26 Å². The van der Waals surface area contributed by atoms with Gasteiger partial charge in [-0.3, -0.25) is 0 Å². The summed E-state index contributed by atoms with van der Waals surface area (Å²) in [4.78, 5) is 4.46. The summed E-state index contributed by atoms with van der Waals surface area (Å²) in [5, 5.41) is 3.96. The molecule has 0 radical (unpaired) electrons. The van der Waals surface area contributed by atoms with E-state index in [1.807, 2.05) is 38.1 Å². The minimum absolute atomic E-state index is 0.0948. The molecule has 1 aromatic heterocycles. The Hall–Kier alpha value is -2.71. The van der Waals surface area contributed by atoms with Gasteiger partial charge in [0, 0.05) is 5.56 Å². The van der Waals surface area contributed by atoms with Gasteiger partial charge in [0.05, 0.1) is 18.6 Å². The number of methoxy groups -OCH3 is 1. The predicted molar refractivity (Wildman–Crippen MR) is 115 cm³/mol. The van der Waals surface area contributed by atoms with Gasteiger partial charge in [0.1, 0.15) is 5.75 Å². The lowest BCUT2D eigenvalue weighted by atomic mass is 10.0. The van der Waals surface area contributed by atoms with Crippen LogP contribution >= 0.6 is 0 Å². The quantitative estimate of drug-likeness (QED) is 0.568. The highest BCUT2D eigenvalue weighted by atomic mass is 32.2. The van der Waals surface area contributed by atoms with Crippen LogP contribution < -0.4 is 9.46 Å². The fourth-order valence-electron chi connectivity index (χ4n) is 3.03. The first-order valence-electron chi connectivity index (χ1n) is 9.81. The van der Waals surface area contributed by atoms with E-state index in [9.17, 15) is 8.42 Å². The van der Waals surface area contributed by atoms with Gasteiger partial charge in [-0.1, -0.05) is 57.1 Å². The van der Waals surface area contributed by atoms with Crippen molar-refractivity contribution in [2.45, 2.75) is 51.0 Å². The van der Waals surface area contributed by atoms with Gasteiger partial charge in [-0.15, -0.1) is 0 Å². The molecule has 3 aromatic rings. The van der Waals surface area contributed by atoms with Crippen molar-refractivity contribution in [2.24, 2.45) is 0 Å². The number of nitrogens with one attached hydrogen (secondary N) is 1. The fraction of sp³-hybridized carbons (Fsp3) is 0.364. The first kappa shape index (κ1) is 22.0. The van der Waals surface area contributed by atoms with Crippen molar-refractivity contribution in [3.05, 3.63) is 59.5 Å². The Balaban J connectivity index is 1.73. The Morgan fingerprint density at radius 1 is 1.03 bits per heavy atom. The summed E-state index contributed by atoms with van der Waals surface area (Å²) in [5.41, 5.74) is 2.86. The molecule has 0 aliphatic heterocycles. The molecule has 1 heterocycles. The minimum atomic E-state index is -3.74. The van der Waals surface area contributed by atoms with Crippen molar-refractivity contribution >= 4 is 10.0 Å². The molecule has 160 valence electrons. The molecule has 0 bridgehead atoms. The third-order valence-corrected chi connectivity index (χ3v) is 6.25. The minimum Gasteiger partial charge on any atom is -0.496 e. The van der Waals surface area contributed by atoms with E-state index in [1.165, 1.54) is 11.6 Å². The lowest BCUT2D eigenvalue weighted by molar-refractivity contribution is 0.376. The van der Waals surface area contributed by atoms with Crippen molar-refractivity contribution in [2.75, 3.05) is 7.11 Å². The molecular weight excluding hydrogens is 402 g/mol. The maximum Gasteiger partial charge on any atom is 0.242 e. The number of hydrogen-bond acceptors (Lipinski definition) is 6. The lowest BCUT2D eigenvalue weighted by Gasteiger charge is -2.13. The average Bonchev–Trinajstić information content (AvgIpc) is 3.21. The van der Waals surface area contributed by atoms with Crippen LogP contribution in [0.15, 0.2) is 51.9 Å². The normalized spacial score (nSPS) is 12.0. The van der Waals surface area contributed by atoms with Crippen molar-refractivity contribution < 1.29 is 17.7 Å². The number of rotatable bonds is 8. The van der Waals surface area contributed by atoms with Crippen LogP contribution in [0.25, 0.3) is 11.4 Å². The number of benzene rings is 2. The summed E-state index contributed by atoms with van der Waals surface area (Å²) in [6.07, 6.45) is 0. The molecule has 0 fully saturated rings. The summed E-state index contributed by atoms with van der Waals surface area (Å²) < 4.78 is 38.5. The molecule has 8 heteroatoms. The van der Waals surface area contributed by atoms with Gasteiger partial charge in [0.25, 0.3) is 0 Å². The zero-order chi connectivity index (χ0) is 21.9. The van der Waals surface area contributed by atoms with Crippen molar-refractivity contribution in [1.82, 2.24) is 14.9 Å². The molecule has 3 rings (SSSR count). The largest absolute Gasteiger partial charge is 0.496 e. The predicted octanol–water partition coefficient (Wildman–Crippen LogP) is 4.47. The van der Waals surface area contributed by atoms with Crippen molar-refractivity contribution in [1.29, 1.82) is 0 Å².